The Kier molecular flexibility index (Phi) is 3.54. The first-order chi connectivity index (χ1) is 11.7. The fourth-order valence-corrected chi connectivity index (χ4v) is 3.04. The maximum atomic E-state index is 13.0. The average Bonchev–Trinajstić information content (AvgIpc) is 2.61. The molecule has 1 heterocycles. The van der Waals surface area contributed by atoms with Crippen LogP contribution in [-0.4, -0.2) is 5.91 Å². The van der Waals surface area contributed by atoms with Crippen LogP contribution < -0.4 is 10.1 Å². The third kappa shape index (κ3) is 2.54. The van der Waals surface area contributed by atoms with Gasteiger partial charge in [0.25, 0.3) is 0 Å². The van der Waals surface area contributed by atoms with Crippen LogP contribution in [0.15, 0.2) is 72.8 Å². The third-order valence-corrected chi connectivity index (χ3v) is 4.26. The largest absolute Gasteiger partial charge is 0.457 e. The molecule has 3 aromatic carbocycles. The van der Waals surface area contributed by atoms with Crippen molar-refractivity contribution in [2.45, 2.75) is 12.8 Å². The van der Waals surface area contributed by atoms with E-state index in [-0.39, 0.29) is 11.8 Å². The van der Waals surface area contributed by atoms with Gasteiger partial charge in [0, 0.05) is 16.8 Å². The topological polar surface area (TPSA) is 38.3 Å². The maximum absolute atomic E-state index is 13.0. The second kappa shape index (κ2) is 5.85. The van der Waals surface area contributed by atoms with E-state index in [1.54, 1.807) is 0 Å². The van der Waals surface area contributed by atoms with Crippen molar-refractivity contribution in [2.24, 2.45) is 0 Å². The van der Waals surface area contributed by atoms with E-state index in [9.17, 15) is 4.79 Å². The van der Waals surface area contributed by atoms with Gasteiger partial charge in [-0.2, -0.15) is 0 Å². The number of carbonyl (C=O) groups is 1. The van der Waals surface area contributed by atoms with Gasteiger partial charge >= 0.3 is 0 Å². The van der Waals surface area contributed by atoms with E-state index in [1.807, 2.05) is 79.7 Å². The Hall–Kier alpha value is -3.07. The molecule has 4 rings (SSSR count). The van der Waals surface area contributed by atoms with Crippen LogP contribution in [0.5, 0.6) is 11.5 Å². The Morgan fingerprint density at radius 2 is 1.38 bits per heavy atom. The van der Waals surface area contributed by atoms with Gasteiger partial charge in [-0.15, -0.1) is 0 Å². The highest BCUT2D eigenvalue weighted by molar-refractivity contribution is 5.99. The van der Waals surface area contributed by atoms with E-state index < -0.39 is 0 Å². The van der Waals surface area contributed by atoms with Crippen LogP contribution in [-0.2, 0) is 4.79 Å². The van der Waals surface area contributed by atoms with Crippen molar-refractivity contribution >= 4 is 11.6 Å². The lowest BCUT2D eigenvalue weighted by Gasteiger charge is -2.27. The summed E-state index contributed by atoms with van der Waals surface area (Å²) >= 11 is 0. The number of nitrogens with one attached hydrogen (secondary N) is 1. The van der Waals surface area contributed by atoms with Gasteiger partial charge in [-0.05, 0) is 31.2 Å². The highest BCUT2D eigenvalue weighted by atomic mass is 16.5. The number of anilines is 1. The molecule has 0 fully saturated rings. The number of hydrogen-bond donors (Lipinski definition) is 1. The Labute approximate surface area is 140 Å². The molecule has 3 aromatic rings. The summed E-state index contributed by atoms with van der Waals surface area (Å²) in [6.07, 6.45) is 0. The van der Waals surface area contributed by atoms with Crippen LogP contribution in [0.2, 0.25) is 0 Å². The summed E-state index contributed by atoms with van der Waals surface area (Å²) in [6.45, 7) is 2.02. The molecule has 1 N–H and O–H groups in total. The van der Waals surface area contributed by atoms with Gasteiger partial charge < -0.3 is 10.1 Å². The van der Waals surface area contributed by atoms with Gasteiger partial charge in [-0.1, -0.05) is 54.1 Å². The summed E-state index contributed by atoms with van der Waals surface area (Å²) in [5, 5.41) is 3.03. The minimum absolute atomic E-state index is 0.0537. The van der Waals surface area contributed by atoms with Gasteiger partial charge in [0.15, 0.2) is 0 Å². The zero-order chi connectivity index (χ0) is 16.5. The zero-order valence-corrected chi connectivity index (χ0v) is 13.3. The summed E-state index contributed by atoms with van der Waals surface area (Å²) in [7, 11) is 0. The van der Waals surface area contributed by atoms with Crippen molar-refractivity contribution in [3.8, 4) is 11.5 Å². The number of benzene rings is 3. The molecule has 3 heteroatoms. The molecule has 0 saturated heterocycles. The molecule has 24 heavy (non-hydrogen) atoms. The molecule has 0 aromatic heterocycles. The lowest BCUT2D eigenvalue weighted by molar-refractivity contribution is -0.116. The number of rotatable bonds is 2. The van der Waals surface area contributed by atoms with Crippen molar-refractivity contribution in [1.29, 1.82) is 0 Å². The molecule has 1 aliphatic rings. The van der Waals surface area contributed by atoms with E-state index in [2.05, 4.69) is 5.32 Å². The first-order valence-corrected chi connectivity index (χ1v) is 7.95. The normalized spacial score (nSPS) is 12.7. The molecule has 0 aliphatic carbocycles. The fourth-order valence-electron chi connectivity index (χ4n) is 3.04. The van der Waals surface area contributed by atoms with Crippen LogP contribution in [0.1, 0.15) is 22.6 Å². The van der Waals surface area contributed by atoms with Crippen LogP contribution in [0, 0.1) is 6.92 Å². The Morgan fingerprint density at radius 1 is 0.833 bits per heavy atom. The average molecular weight is 315 g/mol. The number of fused-ring (bicyclic) bond motifs is 2. The molecular weight excluding hydrogens is 298 g/mol. The zero-order valence-electron chi connectivity index (χ0n) is 13.3. The monoisotopic (exact) mass is 315 g/mol. The predicted molar refractivity (Wildman–Crippen MR) is 94.6 cm³/mol. The van der Waals surface area contributed by atoms with Crippen LogP contribution in [0.25, 0.3) is 0 Å². The van der Waals surface area contributed by atoms with Gasteiger partial charge in [0.1, 0.15) is 11.5 Å². The number of hydrogen-bond acceptors (Lipinski definition) is 2. The van der Waals surface area contributed by atoms with E-state index in [4.69, 9.17) is 4.74 Å². The lowest BCUT2D eigenvalue weighted by Crippen LogP contribution is -2.25. The number of amides is 1. The highest BCUT2D eigenvalue weighted by Gasteiger charge is 2.32. The lowest BCUT2D eigenvalue weighted by atomic mass is 9.87. The summed E-state index contributed by atoms with van der Waals surface area (Å²) in [6, 6.07) is 23.2. The smallest absolute Gasteiger partial charge is 0.236 e. The molecule has 3 nitrogen and oxygen atoms in total. The predicted octanol–water partition coefficient (Wildman–Crippen LogP) is 4.87. The molecule has 0 saturated carbocycles. The summed E-state index contributed by atoms with van der Waals surface area (Å²) in [5.74, 6) is 1.04. The quantitative estimate of drug-likeness (QED) is 0.732. The Balaban J connectivity index is 1.74. The molecule has 1 aliphatic heterocycles. The highest BCUT2D eigenvalue weighted by Crippen LogP contribution is 2.44. The third-order valence-electron chi connectivity index (χ3n) is 4.26. The SMILES string of the molecule is Cc1ccc(NC(=O)C2c3ccccc3Oc3ccccc32)cc1. The van der Waals surface area contributed by atoms with Gasteiger partial charge in [0.05, 0.1) is 5.92 Å². The number of ether oxygens (including phenoxy) is 1. The Morgan fingerprint density at radius 3 is 1.96 bits per heavy atom. The minimum Gasteiger partial charge on any atom is -0.457 e. The molecule has 0 bridgehead atoms. The molecule has 1 amide bonds. The van der Waals surface area contributed by atoms with Crippen LogP contribution in [0.4, 0.5) is 5.69 Å². The Bertz CT molecular complexity index is 854. The maximum Gasteiger partial charge on any atom is 0.236 e. The van der Waals surface area contributed by atoms with Gasteiger partial charge in [-0.3, -0.25) is 4.79 Å². The van der Waals surface area contributed by atoms with Gasteiger partial charge in [0.2, 0.25) is 5.91 Å². The van der Waals surface area contributed by atoms with Crippen LogP contribution >= 0.6 is 0 Å². The summed E-state index contributed by atoms with van der Waals surface area (Å²) in [4.78, 5) is 13.0. The fraction of sp³-hybridized carbons (Fsp3) is 0.0952. The minimum atomic E-state index is -0.382. The first kappa shape index (κ1) is 14.5. The van der Waals surface area contributed by atoms with Gasteiger partial charge in [-0.25, -0.2) is 0 Å². The molecular formula is C21H17NO2. The molecule has 0 radical (unpaired) electrons. The van der Waals surface area contributed by atoms with Crippen molar-refractivity contribution in [1.82, 2.24) is 0 Å². The summed E-state index contributed by atoms with van der Waals surface area (Å²) < 4.78 is 5.94. The van der Waals surface area contributed by atoms with Crippen molar-refractivity contribution in [2.75, 3.05) is 5.32 Å². The van der Waals surface area contributed by atoms with Crippen molar-refractivity contribution in [3.63, 3.8) is 0 Å². The van der Waals surface area contributed by atoms with E-state index in [0.717, 1.165) is 33.9 Å². The van der Waals surface area contributed by atoms with Crippen molar-refractivity contribution in [3.05, 3.63) is 89.5 Å². The van der Waals surface area contributed by atoms with E-state index >= 15 is 0 Å². The van der Waals surface area contributed by atoms with Crippen molar-refractivity contribution < 1.29 is 9.53 Å². The standard InChI is InChI=1S/C21H17NO2/c1-14-10-12-15(13-11-14)22-21(23)20-16-6-2-4-8-18(16)24-19-9-5-3-7-17(19)20/h2-13,20H,1H3,(H,22,23). The second-order valence-electron chi connectivity index (χ2n) is 5.97. The number of carbonyl (C=O) groups excluding carboxylic acids is 1. The molecule has 0 atom stereocenters. The molecule has 0 unspecified atom stereocenters. The first-order valence-electron chi connectivity index (χ1n) is 7.95. The van der Waals surface area contributed by atoms with E-state index in [0.29, 0.717) is 0 Å². The second-order valence-corrected chi connectivity index (χ2v) is 5.97. The van der Waals surface area contributed by atoms with Crippen LogP contribution in [0.3, 0.4) is 0 Å². The van der Waals surface area contributed by atoms with E-state index in [1.165, 1.54) is 0 Å². The summed E-state index contributed by atoms with van der Waals surface area (Å²) in [5.41, 5.74) is 3.74. The molecule has 118 valence electrons. The number of aryl methyl sites for hydroxylation is 1. The molecule has 0 spiro atoms. The number of para-hydroxylation sites is 2.